The average Bonchev–Trinajstić information content (AvgIpc) is 1.96. The third-order valence-corrected chi connectivity index (χ3v) is 3.44. The Morgan fingerprint density at radius 3 is 2.17 bits per heavy atom. The van der Waals surface area contributed by atoms with E-state index < -0.39 is 0 Å². The number of rotatable bonds is 1. The Morgan fingerprint density at radius 1 is 1.08 bits per heavy atom. The Bertz CT molecular complexity index is 290. The maximum Gasteiger partial charge on any atom is 0.0213 e. The summed E-state index contributed by atoms with van der Waals surface area (Å²) in [5.74, 6) is 0.566. The van der Waals surface area contributed by atoms with Gasteiger partial charge in [0.2, 0.25) is 0 Å². The maximum absolute atomic E-state index is 3.56. The Kier molecular flexibility index (Phi) is 3.36. The third-order valence-electron chi connectivity index (χ3n) is 1.90. The van der Waals surface area contributed by atoms with Gasteiger partial charge in [0.25, 0.3) is 0 Å². The van der Waals surface area contributed by atoms with E-state index in [4.69, 9.17) is 0 Å². The van der Waals surface area contributed by atoms with Crippen molar-refractivity contribution >= 4 is 31.9 Å². The molecule has 0 aliphatic rings. The number of hydrogen-bond donors (Lipinski definition) is 0. The summed E-state index contributed by atoms with van der Waals surface area (Å²) in [6.07, 6.45) is 0. The summed E-state index contributed by atoms with van der Waals surface area (Å²) in [6.45, 7) is 6.49. The fourth-order valence-corrected chi connectivity index (χ4v) is 2.38. The van der Waals surface area contributed by atoms with Gasteiger partial charge in [0.05, 0.1) is 0 Å². The first-order valence-corrected chi connectivity index (χ1v) is 5.56. The van der Waals surface area contributed by atoms with Gasteiger partial charge in [-0.3, -0.25) is 0 Å². The molecule has 0 aromatic heterocycles. The molecule has 66 valence electrons. The molecule has 0 N–H and O–H groups in total. The van der Waals surface area contributed by atoms with Crippen LogP contribution in [0.15, 0.2) is 21.1 Å². The molecule has 12 heavy (non-hydrogen) atoms. The number of aryl methyl sites for hydroxylation is 1. The van der Waals surface area contributed by atoms with E-state index in [1.54, 1.807) is 0 Å². The number of benzene rings is 1. The molecule has 0 saturated carbocycles. The van der Waals surface area contributed by atoms with Crippen LogP contribution in [0.1, 0.15) is 30.9 Å². The SMILES string of the molecule is Cc1cc(Br)c(C(C)C)cc1Br. The molecule has 0 nitrogen and oxygen atoms in total. The highest BCUT2D eigenvalue weighted by Gasteiger charge is 2.06. The van der Waals surface area contributed by atoms with Gasteiger partial charge >= 0.3 is 0 Å². The van der Waals surface area contributed by atoms with E-state index in [2.05, 4.69) is 64.8 Å². The second-order valence-corrected chi connectivity index (χ2v) is 4.99. The van der Waals surface area contributed by atoms with Crippen molar-refractivity contribution in [2.75, 3.05) is 0 Å². The van der Waals surface area contributed by atoms with Crippen LogP contribution in [-0.2, 0) is 0 Å². The average molecular weight is 292 g/mol. The minimum absolute atomic E-state index is 0.566. The zero-order valence-electron chi connectivity index (χ0n) is 7.49. The lowest BCUT2D eigenvalue weighted by Crippen LogP contribution is -1.90. The summed E-state index contributed by atoms with van der Waals surface area (Å²) >= 11 is 7.09. The van der Waals surface area contributed by atoms with Gasteiger partial charge in [0, 0.05) is 8.95 Å². The van der Waals surface area contributed by atoms with E-state index >= 15 is 0 Å². The summed E-state index contributed by atoms with van der Waals surface area (Å²) in [6, 6.07) is 4.34. The van der Waals surface area contributed by atoms with E-state index in [0.29, 0.717) is 5.92 Å². The lowest BCUT2D eigenvalue weighted by atomic mass is 10.0. The quantitative estimate of drug-likeness (QED) is 0.707. The molecular formula is C10H12Br2. The fraction of sp³-hybridized carbons (Fsp3) is 0.400. The highest BCUT2D eigenvalue weighted by molar-refractivity contribution is 9.11. The zero-order valence-corrected chi connectivity index (χ0v) is 10.7. The van der Waals surface area contributed by atoms with Crippen molar-refractivity contribution in [3.63, 3.8) is 0 Å². The fourth-order valence-electron chi connectivity index (χ4n) is 1.10. The van der Waals surface area contributed by atoms with Crippen LogP contribution in [-0.4, -0.2) is 0 Å². The highest BCUT2D eigenvalue weighted by atomic mass is 79.9. The number of halogens is 2. The second-order valence-electron chi connectivity index (χ2n) is 3.28. The van der Waals surface area contributed by atoms with Gasteiger partial charge in [-0.25, -0.2) is 0 Å². The molecular weight excluding hydrogens is 280 g/mol. The zero-order chi connectivity index (χ0) is 9.30. The van der Waals surface area contributed by atoms with Crippen LogP contribution in [0, 0.1) is 6.92 Å². The van der Waals surface area contributed by atoms with Crippen molar-refractivity contribution in [1.29, 1.82) is 0 Å². The smallest absolute Gasteiger partial charge is 0.0213 e. The van der Waals surface area contributed by atoms with Gasteiger partial charge in [-0.15, -0.1) is 0 Å². The van der Waals surface area contributed by atoms with Crippen LogP contribution in [0.3, 0.4) is 0 Å². The minimum atomic E-state index is 0.566. The standard InChI is InChI=1S/C10H12Br2/c1-6(2)8-5-9(11)7(3)4-10(8)12/h4-6H,1-3H3. The Morgan fingerprint density at radius 2 is 1.67 bits per heavy atom. The summed E-state index contributed by atoms with van der Waals surface area (Å²) in [7, 11) is 0. The monoisotopic (exact) mass is 290 g/mol. The van der Waals surface area contributed by atoms with Crippen molar-refractivity contribution < 1.29 is 0 Å². The van der Waals surface area contributed by atoms with E-state index in [1.807, 2.05) is 0 Å². The molecule has 0 unspecified atom stereocenters. The van der Waals surface area contributed by atoms with Crippen molar-refractivity contribution in [1.82, 2.24) is 0 Å². The molecule has 0 atom stereocenters. The van der Waals surface area contributed by atoms with Crippen LogP contribution in [0.2, 0.25) is 0 Å². The molecule has 0 aliphatic carbocycles. The molecule has 0 amide bonds. The predicted molar refractivity (Wildman–Crippen MR) is 60.7 cm³/mol. The third kappa shape index (κ3) is 2.11. The van der Waals surface area contributed by atoms with Crippen LogP contribution >= 0.6 is 31.9 Å². The molecule has 0 fully saturated rings. The van der Waals surface area contributed by atoms with Gasteiger partial charge in [-0.1, -0.05) is 45.7 Å². The van der Waals surface area contributed by atoms with Crippen molar-refractivity contribution in [3.8, 4) is 0 Å². The van der Waals surface area contributed by atoms with Gasteiger partial charge < -0.3 is 0 Å². The first-order valence-electron chi connectivity index (χ1n) is 3.98. The van der Waals surface area contributed by atoms with Crippen molar-refractivity contribution in [2.24, 2.45) is 0 Å². The lowest BCUT2D eigenvalue weighted by Gasteiger charge is -2.10. The van der Waals surface area contributed by atoms with Crippen LogP contribution in [0.4, 0.5) is 0 Å². The largest absolute Gasteiger partial charge is 0.0586 e. The van der Waals surface area contributed by atoms with Crippen LogP contribution < -0.4 is 0 Å². The topological polar surface area (TPSA) is 0 Å². The first kappa shape index (κ1) is 10.3. The predicted octanol–water partition coefficient (Wildman–Crippen LogP) is 4.64. The summed E-state index contributed by atoms with van der Waals surface area (Å²) in [4.78, 5) is 0. The highest BCUT2D eigenvalue weighted by Crippen LogP contribution is 2.30. The van der Waals surface area contributed by atoms with E-state index in [9.17, 15) is 0 Å². The summed E-state index contributed by atoms with van der Waals surface area (Å²) in [5, 5.41) is 0. The van der Waals surface area contributed by atoms with E-state index in [1.165, 1.54) is 20.1 Å². The Balaban J connectivity index is 3.23. The Hall–Kier alpha value is 0.180. The lowest BCUT2D eigenvalue weighted by molar-refractivity contribution is 0.859. The van der Waals surface area contributed by atoms with Gasteiger partial charge in [0.1, 0.15) is 0 Å². The molecule has 0 bridgehead atoms. The molecule has 0 radical (unpaired) electrons. The van der Waals surface area contributed by atoms with Gasteiger partial charge in [-0.2, -0.15) is 0 Å². The first-order chi connectivity index (χ1) is 5.52. The normalized spacial score (nSPS) is 10.8. The van der Waals surface area contributed by atoms with Gasteiger partial charge in [-0.05, 0) is 36.1 Å². The molecule has 0 heterocycles. The second kappa shape index (κ2) is 3.93. The minimum Gasteiger partial charge on any atom is -0.0586 e. The molecule has 0 saturated heterocycles. The van der Waals surface area contributed by atoms with Crippen molar-refractivity contribution in [3.05, 3.63) is 32.2 Å². The Labute approximate surface area is 90.6 Å². The molecule has 1 rings (SSSR count). The molecule has 0 spiro atoms. The summed E-state index contributed by atoms with van der Waals surface area (Å²) < 4.78 is 2.40. The summed E-state index contributed by atoms with van der Waals surface area (Å²) in [5.41, 5.74) is 2.62. The molecule has 1 aromatic carbocycles. The number of hydrogen-bond acceptors (Lipinski definition) is 0. The van der Waals surface area contributed by atoms with E-state index in [0.717, 1.165) is 0 Å². The molecule has 0 aliphatic heterocycles. The molecule has 1 aromatic rings. The van der Waals surface area contributed by atoms with Gasteiger partial charge in [0.15, 0.2) is 0 Å². The van der Waals surface area contributed by atoms with Crippen LogP contribution in [0.5, 0.6) is 0 Å². The van der Waals surface area contributed by atoms with E-state index in [-0.39, 0.29) is 0 Å². The molecule has 2 heteroatoms. The maximum atomic E-state index is 3.56. The van der Waals surface area contributed by atoms with Crippen molar-refractivity contribution in [2.45, 2.75) is 26.7 Å². The van der Waals surface area contributed by atoms with Crippen LogP contribution in [0.25, 0.3) is 0 Å².